The van der Waals surface area contributed by atoms with Gasteiger partial charge in [0, 0.05) is 13.1 Å². The summed E-state index contributed by atoms with van der Waals surface area (Å²) in [4.78, 5) is 44.3. The van der Waals surface area contributed by atoms with Crippen molar-refractivity contribution in [2.45, 2.75) is 89.7 Å². The maximum absolute atomic E-state index is 12.9. The number of fused-ring (bicyclic) bond motifs is 3. The molecule has 6 aromatic rings. The average molecular weight is 731 g/mol. The number of benzene rings is 4. The number of hydrogen-bond acceptors (Lipinski definition) is 7. The highest BCUT2D eigenvalue weighted by Gasteiger charge is 2.35. The number of carbonyl (C=O) groups excluding carboxylic acids is 2. The molecule has 0 aliphatic carbocycles. The second kappa shape index (κ2) is 13.4. The van der Waals surface area contributed by atoms with E-state index in [2.05, 4.69) is 76.7 Å². The highest BCUT2D eigenvalue weighted by molar-refractivity contribution is 7.97. The number of carbonyl (C=O) groups is 2. The Balaban J connectivity index is 0.993. The lowest BCUT2D eigenvalue weighted by Crippen LogP contribution is -2.36. The Labute approximate surface area is 313 Å². The molecular formula is C42H46N6O4S. The Morgan fingerprint density at radius 2 is 1.17 bits per heavy atom. The van der Waals surface area contributed by atoms with Crippen molar-refractivity contribution < 1.29 is 19.1 Å². The molecule has 2 N–H and O–H groups in total. The monoisotopic (exact) mass is 730 g/mol. The number of aromatic nitrogens is 4. The minimum atomic E-state index is -0.543. The fraction of sp³-hybridized carbons (Fsp3) is 0.381. The molecule has 0 saturated carbocycles. The minimum Gasteiger partial charge on any atom is -0.444 e. The molecule has 11 heteroatoms. The van der Waals surface area contributed by atoms with E-state index in [1.165, 1.54) is 11.9 Å². The predicted octanol–water partition coefficient (Wildman–Crippen LogP) is 10.7. The van der Waals surface area contributed by atoms with E-state index in [0.717, 1.165) is 92.4 Å². The molecular weight excluding hydrogens is 685 g/mol. The standard InChI is InChI=1S/C42H46N6O4S/c1-41(2,3)51-39(49)47-19-7-9-35(47)37-43-31-17-15-29(23-33(31)45-37)27-13-11-26-22-28(14-12-25(26)21-27)30-16-18-32-34(24-30)46-38(44-32)36-10-8-20-48(53-36)40(50)52-42(4,5)6/h11-18,21-24,35-36H,7-10,19-20H2,1-6H3,(H,43,45)(H,44,46)/t35-,36-/m0/s1. The first-order valence-corrected chi connectivity index (χ1v) is 19.3. The van der Waals surface area contributed by atoms with E-state index in [9.17, 15) is 9.59 Å². The number of rotatable bonds is 4. The van der Waals surface area contributed by atoms with Crippen molar-refractivity contribution in [3.8, 4) is 22.3 Å². The normalized spacial score (nSPS) is 18.3. The first kappa shape index (κ1) is 35.0. The molecule has 0 spiro atoms. The summed E-state index contributed by atoms with van der Waals surface area (Å²) in [6, 6.07) is 25.7. The Morgan fingerprint density at radius 3 is 1.77 bits per heavy atom. The van der Waals surface area contributed by atoms with Gasteiger partial charge in [0.1, 0.15) is 22.9 Å². The van der Waals surface area contributed by atoms with Crippen LogP contribution in [0, 0.1) is 0 Å². The zero-order chi connectivity index (χ0) is 37.1. The fourth-order valence-corrected chi connectivity index (χ4v) is 8.38. The van der Waals surface area contributed by atoms with Gasteiger partial charge in [0.2, 0.25) is 0 Å². The van der Waals surface area contributed by atoms with Crippen molar-refractivity contribution in [3.05, 3.63) is 84.4 Å². The summed E-state index contributed by atoms with van der Waals surface area (Å²) in [5.41, 5.74) is 7.10. The van der Waals surface area contributed by atoms with Gasteiger partial charge in [-0.25, -0.2) is 19.6 Å². The third-order valence-electron chi connectivity index (χ3n) is 9.69. The summed E-state index contributed by atoms with van der Waals surface area (Å²) in [7, 11) is 0. The van der Waals surface area contributed by atoms with E-state index >= 15 is 0 Å². The van der Waals surface area contributed by atoms with Gasteiger partial charge in [-0.3, -0.25) is 9.21 Å². The van der Waals surface area contributed by atoms with Gasteiger partial charge < -0.3 is 19.4 Å². The molecule has 2 aliphatic rings. The van der Waals surface area contributed by atoms with E-state index < -0.39 is 11.2 Å². The summed E-state index contributed by atoms with van der Waals surface area (Å²) in [5.74, 6) is 1.68. The smallest absolute Gasteiger partial charge is 0.420 e. The molecule has 0 unspecified atom stereocenters. The Hall–Kier alpha value is -5.03. The molecule has 274 valence electrons. The Kier molecular flexibility index (Phi) is 8.87. The number of H-pyrrole nitrogens is 2. The van der Waals surface area contributed by atoms with Crippen LogP contribution in [0.4, 0.5) is 9.59 Å². The summed E-state index contributed by atoms with van der Waals surface area (Å²) in [6.45, 7) is 12.7. The number of ether oxygens (including phenoxy) is 2. The molecule has 10 nitrogen and oxygen atoms in total. The lowest BCUT2D eigenvalue weighted by Gasteiger charge is -2.32. The topological polar surface area (TPSA) is 116 Å². The van der Waals surface area contributed by atoms with Gasteiger partial charge in [-0.1, -0.05) is 36.4 Å². The first-order chi connectivity index (χ1) is 25.3. The fourth-order valence-electron chi connectivity index (χ4n) is 7.24. The molecule has 2 saturated heterocycles. The average Bonchev–Trinajstić information content (AvgIpc) is 3.87. The zero-order valence-corrected chi connectivity index (χ0v) is 32.0. The van der Waals surface area contributed by atoms with Crippen molar-refractivity contribution in [2.75, 3.05) is 13.1 Å². The van der Waals surface area contributed by atoms with Crippen LogP contribution < -0.4 is 0 Å². The SMILES string of the molecule is CC(C)(C)OC(=O)N1CCC[C@@H](c2nc3ccc(-c4ccc5cc(-c6ccc7nc([C@@H]8CCCN8C(=O)OC(C)(C)C)[nH]c7c6)ccc5c4)cc3[nH]2)S1. The molecule has 53 heavy (non-hydrogen) atoms. The third-order valence-corrected chi connectivity index (χ3v) is 11.0. The number of likely N-dealkylation sites (tertiary alicyclic amines) is 1. The van der Waals surface area contributed by atoms with Crippen molar-refractivity contribution in [2.24, 2.45) is 0 Å². The molecule has 2 aliphatic heterocycles. The zero-order valence-electron chi connectivity index (χ0n) is 31.2. The van der Waals surface area contributed by atoms with Gasteiger partial charge in [-0.2, -0.15) is 0 Å². The van der Waals surface area contributed by atoms with Gasteiger partial charge in [0.15, 0.2) is 0 Å². The molecule has 0 radical (unpaired) electrons. The second-order valence-electron chi connectivity index (χ2n) is 16.1. The molecule has 2 fully saturated rings. The number of nitrogens with one attached hydrogen (secondary N) is 2. The van der Waals surface area contributed by atoms with Crippen LogP contribution in [0.5, 0.6) is 0 Å². The van der Waals surface area contributed by atoms with Crippen LogP contribution in [-0.4, -0.2) is 65.6 Å². The minimum absolute atomic E-state index is 0.0554. The van der Waals surface area contributed by atoms with Gasteiger partial charge >= 0.3 is 12.2 Å². The van der Waals surface area contributed by atoms with Crippen LogP contribution in [0.3, 0.4) is 0 Å². The quantitative estimate of drug-likeness (QED) is 0.173. The van der Waals surface area contributed by atoms with Crippen molar-refractivity contribution in [1.29, 1.82) is 0 Å². The van der Waals surface area contributed by atoms with Gasteiger partial charge in [0.05, 0.1) is 33.4 Å². The van der Waals surface area contributed by atoms with Crippen LogP contribution in [-0.2, 0) is 9.47 Å². The predicted molar refractivity (Wildman–Crippen MR) is 212 cm³/mol. The van der Waals surface area contributed by atoms with Crippen molar-refractivity contribution >= 4 is 57.0 Å². The van der Waals surface area contributed by atoms with Crippen LogP contribution >= 0.6 is 11.9 Å². The third kappa shape index (κ3) is 7.44. The van der Waals surface area contributed by atoms with E-state index in [1.54, 1.807) is 9.21 Å². The number of amides is 2. The van der Waals surface area contributed by atoms with Gasteiger partial charge in [-0.05, 0) is 149 Å². The van der Waals surface area contributed by atoms with Crippen LogP contribution in [0.25, 0.3) is 55.1 Å². The Morgan fingerprint density at radius 1 is 0.660 bits per heavy atom. The van der Waals surface area contributed by atoms with Gasteiger partial charge in [-0.15, -0.1) is 0 Å². The van der Waals surface area contributed by atoms with E-state index in [4.69, 9.17) is 19.4 Å². The lowest BCUT2D eigenvalue weighted by molar-refractivity contribution is 0.0218. The summed E-state index contributed by atoms with van der Waals surface area (Å²) in [5, 5.41) is 2.37. The highest BCUT2D eigenvalue weighted by Crippen LogP contribution is 2.40. The number of imidazole rings is 2. The van der Waals surface area contributed by atoms with E-state index in [1.807, 2.05) is 47.6 Å². The number of hydrogen-bond donors (Lipinski definition) is 2. The second-order valence-corrected chi connectivity index (χ2v) is 17.4. The van der Waals surface area contributed by atoms with Crippen LogP contribution in [0.2, 0.25) is 0 Å². The van der Waals surface area contributed by atoms with Crippen molar-refractivity contribution in [1.82, 2.24) is 29.1 Å². The number of nitrogens with zero attached hydrogens (tertiary/aromatic N) is 4. The lowest BCUT2D eigenvalue weighted by atomic mass is 9.97. The van der Waals surface area contributed by atoms with E-state index in [-0.39, 0.29) is 23.5 Å². The summed E-state index contributed by atoms with van der Waals surface area (Å²) in [6.07, 6.45) is 3.02. The van der Waals surface area contributed by atoms with E-state index in [0.29, 0.717) is 13.1 Å². The summed E-state index contributed by atoms with van der Waals surface area (Å²) >= 11 is 1.50. The molecule has 8 rings (SSSR count). The Bertz CT molecular complexity index is 2350. The molecule has 0 bridgehead atoms. The maximum atomic E-state index is 12.9. The first-order valence-electron chi connectivity index (χ1n) is 18.5. The van der Waals surface area contributed by atoms with Gasteiger partial charge in [0.25, 0.3) is 0 Å². The number of aromatic amines is 2. The van der Waals surface area contributed by atoms with Crippen LogP contribution in [0.1, 0.15) is 90.2 Å². The molecule has 2 aromatic heterocycles. The maximum Gasteiger partial charge on any atom is 0.420 e. The largest absolute Gasteiger partial charge is 0.444 e. The summed E-state index contributed by atoms with van der Waals surface area (Å²) < 4.78 is 13.0. The highest BCUT2D eigenvalue weighted by atomic mass is 32.2. The molecule has 2 atom stereocenters. The van der Waals surface area contributed by atoms with Crippen molar-refractivity contribution in [3.63, 3.8) is 0 Å². The van der Waals surface area contributed by atoms with Crippen LogP contribution in [0.15, 0.2) is 72.8 Å². The molecule has 4 heterocycles. The molecule has 4 aromatic carbocycles. The molecule has 2 amide bonds.